The fourth-order valence-corrected chi connectivity index (χ4v) is 2.53. The van der Waals surface area contributed by atoms with Crippen molar-refractivity contribution in [3.63, 3.8) is 0 Å². The molecule has 0 amide bonds. The van der Waals surface area contributed by atoms with Gasteiger partial charge in [0.2, 0.25) is 0 Å². The summed E-state index contributed by atoms with van der Waals surface area (Å²) in [5.41, 5.74) is 7.64. The first kappa shape index (κ1) is 12.6. The van der Waals surface area contributed by atoms with Gasteiger partial charge in [0.25, 0.3) is 0 Å². The zero-order chi connectivity index (χ0) is 12.4. The first-order valence-corrected chi connectivity index (χ1v) is 6.20. The molecule has 88 valence electrons. The summed E-state index contributed by atoms with van der Waals surface area (Å²) in [6.07, 6.45) is 0. The van der Waals surface area contributed by atoms with Crippen molar-refractivity contribution >= 4 is 27.5 Å². The van der Waals surface area contributed by atoms with Gasteiger partial charge < -0.3 is 5.73 Å². The topological polar surface area (TPSA) is 26.0 Å². The lowest BCUT2D eigenvalue weighted by Crippen LogP contribution is -2.12. The Morgan fingerprint density at radius 1 is 1.12 bits per heavy atom. The van der Waals surface area contributed by atoms with Crippen LogP contribution in [0.2, 0.25) is 5.02 Å². The highest BCUT2D eigenvalue weighted by atomic mass is 79.9. The van der Waals surface area contributed by atoms with Crippen molar-refractivity contribution in [3.05, 3.63) is 68.9 Å². The number of hydrogen-bond donors (Lipinski definition) is 1. The van der Waals surface area contributed by atoms with Crippen LogP contribution in [0.15, 0.2) is 46.9 Å². The lowest BCUT2D eigenvalue weighted by Gasteiger charge is -2.13. The third-order valence-electron chi connectivity index (χ3n) is 2.45. The lowest BCUT2D eigenvalue weighted by atomic mass is 10.00. The maximum atomic E-state index is 13.1. The molecule has 0 aromatic heterocycles. The summed E-state index contributed by atoms with van der Waals surface area (Å²) in [6, 6.07) is 11.3. The summed E-state index contributed by atoms with van der Waals surface area (Å²) in [5, 5.41) is 0.598. The number of benzene rings is 2. The Balaban J connectivity index is 2.39. The molecule has 0 aliphatic rings. The van der Waals surface area contributed by atoms with Crippen molar-refractivity contribution < 1.29 is 4.39 Å². The SMILES string of the molecule is NC(c1cccc(F)c1)c1cc(Cl)cc(Br)c1. The Bertz CT molecular complexity index is 524. The van der Waals surface area contributed by atoms with Crippen LogP contribution >= 0.6 is 27.5 Å². The van der Waals surface area contributed by atoms with E-state index in [0.717, 1.165) is 15.6 Å². The number of rotatable bonds is 2. The molecule has 0 spiro atoms. The van der Waals surface area contributed by atoms with Crippen LogP contribution in [0.25, 0.3) is 0 Å². The molecular formula is C13H10BrClFN. The standard InChI is InChI=1S/C13H10BrClFN/c14-10-4-9(5-11(15)7-10)13(17)8-2-1-3-12(16)6-8/h1-7,13H,17H2. The van der Waals surface area contributed by atoms with Crippen LogP contribution in [-0.2, 0) is 0 Å². The second kappa shape index (κ2) is 5.17. The second-order valence-electron chi connectivity index (χ2n) is 3.74. The molecule has 0 aliphatic heterocycles. The largest absolute Gasteiger partial charge is 0.320 e. The molecule has 1 unspecified atom stereocenters. The maximum Gasteiger partial charge on any atom is 0.123 e. The quantitative estimate of drug-likeness (QED) is 0.879. The van der Waals surface area contributed by atoms with E-state index in [-0.39, 0.29) is 11.9 Å². The van der Waals surface area contributed by atoms with Crippen molar-refractivity contribution in [1.29, 1.82) is 0 Å². The minimum Gasteiger partial charge on any atom is -0.320 e. The summed E-state index contributed by atoms with van der Waals surface area (Å²) < 4.78 is 14.0. The van der Waals surface area contributed by atoms with E-state index in [1.807, 2.05) is 6.07 Å². The van der Waals surface area contributed by atoms with Crippen LogP contribution in [0.4, 0.5) is 4.39 Å². The van der Waals surface area contributed by atoms with Gasteiger partial charge in [-0.2, -0.15) is 0 Å². The molecule has 0 aliphatic carbocycles. The Morgan fingerprint density at radius 3 is 2.53 bits per heavy atom. The van der Waals surface area contributed by atoms with Crippen LogP contribution in [0.1, 0.15) is 17.2 Å². The van der Waals surface area contributed by atoms with Crippen LogP contribution in [0, 0.1) is 5.82 Å². The van der Waals surface area contributed by atoms with Gasteiger partial charge in [-0.3, -0.25) is 0 Å². The monoisotopic (exact) mass is 313 g/mol. The van der Waals surface area contributed by atoms with Gasteiger partial charge in [-0.25, -0.2) is 4.39 Å². The summed E-state index contributed by atoms with van der Waals surface area (Å²) in [4.78, 5) is 0. The molecule has 1 atom stereocenters. The van der Waals surface area contributed by atoms with E-state index in [2.05, 4.69) is 15.9 Å². The molecule has 17 heavy (non-hydrogen) atoms. The molecule has 0 fully saturated rings. The molecule has 0 saturated heterocycles. The van der Waals surface area contributed by atoms with Crippen molar-refractivity contribution in [3.8, 4) is 0 Å². The number of nitrogens with two attached hydrogens (primary N) is 1. The van der Waals surface area contributed by atoms with E-state index in [1.54, 1.807) is 24.3 Å². The molecule has 0 saturated carbocycles. The van der Waals surface area contributed by atoms with Crippen LogP contribution in [0.3, 0.4) is 0 Å². The van der Waals surface area contributed by atoms with Gasteiger partial charge in [-0.15, -0.1) is 0 Å². The van der Waals surface area contributed by atoms with Gasteiger partial charge in [0, 0.05) is 9.50 Å². The van der Waals surface area contributed by atoms with Gasteiger partial charge in [0.15, 0.2) is 0 Å². The predicted octanol–water partition coefficient (Wildman–Crippen LogP) is 4.29. The van der Waals surface area contributed by atoms with E-state index in [4.69, 9.17) is 17.3 Å². The molecule has 2 rings (SSSR count). The van der Waals surface area contributed by atoms with E-state index < -0.39 is 0 Å². The Hall–Kier alpha value is -0.900. The van der Waals surface area contributed by atoms with Gasteiger partial charge in [0.1, 0.15) is 5.82 Å². The van der Waals surface area contributed by atoms with E-state index >= 15 is 0 Å². The molecule has 2 aromatic carbocycles. The van der Waals surface area contributed by atoms with Crippen molar-refractivity contribution in [2.45, 2.75) is 6.04 Å². The van der Waals surface area contributed by atoms with Crippen LogP contribution < -0.4 is 5.73 Å². The predicted molar refractivity (Wildman–Crippen MR) is 71.6 cm³/mol. The average Bonchev–Trinajstić information content (AvgIpc) is 2.26. The first-order chi connectivity index (χ1) is 8.06. The van der Waals surface area contributed by atoms with Crippen molar-refractivity contribution in [2.75, 3.05) is 0 Å². The summed E-state index contributed by atoms with van der Waals surface area (Å²) >= 11 is 9.31. The zero-order valence-electron chi connectivity index (χ0n) is 8.83. The number of halogens is 3. The Kier molecular flexibility index (Phi) is 3.82. The smallest absolute Gasteiger partial charge is 0.123 e. The highest BCUT2D eigenvalue weighted by Gasteiger charge is 2.10. The molecular weight excluding hydrogens is 305 g/mol. The molecule has 2 aromatic rings. The van der Waals surface area contributed by atoms with E-state index in [9.17, 15) is 4.39 Å². The van der Waals surface area contributed by atoms with Crippen molar-refractivity contribution in [1.82, 2.24) is 0 Å². The van der Waals surface area contributed by atoms with Gasteiger partial charge in [0.05, 0.1) is 6.04 Å². The molecule has 0 radical (unpaired) electrons. The van der Waals surface area contributed by atoms with E-state index in [1.165, 1.54) is 12.1 Å². The van der Waals surface area contributed by atoms with Gasteiger partial charge in [-0.05, 0) is 41.5 Å². The zero-order valence-corrected chi connectivity index (χ0v) is 11.2. The van der Waals surface area contributed by atoms with Gasteiger partial charge in [-0.1, -0.05) is 39.7 Å². The second-order valence-corrected chi connectivity index (χ2v) is 5.09. The normalized spacial score (nSPS) is 12.5. The fourth-order valence-electron chi connectivity index (χ4n) is 1.65. The summed E-state index contributed by atoms with van der Waals surface area (Å²) in [5.74, 6) is -0.293. The average molecular weight is 315 g/mol. The Labute approximate surface area is 113 Å². The lowest BCUT2D eigenvalue weighted by molar-refractivity contribution is 0.623. The third kappa shape index (κ3) is 3.06. The highest BCUT2D eigenvalue weighted by molar-refractivity contribution is 9.10. The number of hydrogen-bond acceptors (Lipinski definition) is 1. The summed E-state index contributed by atoms with van der Waals surface area (Å²) in [6.45, 7) is 0. The minimum absolute atomic E-state index is 0.293. The minimum atomic E-state index is -0.388. The molecule has 0 heterocycles. The highest BCUT2D eigenvalue weighted by Crippen LogP contribution is 2.26. The Morgan fingerprint density at radius 2 is 1.88 bits per heavy atom. The van der Waals surface area contributed by atoms with Crippen LogP contribution in [-0.4, -0.2) is 0 Å². The molecule has 0 bridgehead atoms. The third-order valence-corrected chi connectivity index (χ3v) is 3.13. The molecule has 4 heteroatoms. The van der Waals surface area contributed by atoms with E-state index in [0.29, 0.717) is 5.02 Å². The first-order valence-electron chi connectivity index (χ1n) is 5.03. The fraction of sp³-hybridized carbons (Fsp3) is 0.0769. The molecule has 2 N–H and O–H groups in total. The van der Waals surface area contributed by atoms with Crippen LogP contribution in [0.5, 0.6) is 0 Å². The van der Waals surface area contributed by atoms with Crippen molar-refractivity contribution in [2.24, 2.45) is 5.73 Å². The summed E-state index contributed by atoms with van der Waals surface area (Å²) in [7, 11) is 0. The molecule has 1 nitrogen and oxygen atoms in total. The van der Waals surface area contributed by atoms with Gasteiger partial charge >= 0.3 is 0 Å². The maximum absolute atomic E-state index is 13.1.